The zero-order valence-electron chi connectivity index (χ0n) is 10.8. The summed E-state index contributed by atoms with van der Waals surface area (Å²) >= 11 is 0. The van der Waals surface area contributed by atoms with E-state index in [0.29, 0.717) is 0 Å². The highest BCUT2D eigenvalue weighted by atomic mass is 14.1. The van der Waals surface area contributed by atoms with Gasteiger partial charge in [0.15, 0.2) is 0 Å². The maximum atomic E-state index is 2.33. The lowest BCUT2D eigenvalue weighted by molar-refractivity contribution is 0.924. The third-order valence-electron chi connectivity index (χ3n) is 3.51. The van der Waals surface area contributed by atoms with Gasteiger partial charge in [-0.2, -0.15) is 0 Å². The van der Waals surface area contributed by atoms with Crippen molar-refractivity contribution in [2.24, 2.45) is 0 Å². The van der Waals surface area contributed by atoms with E-state index >= 15 is 0 Å². The van der Waals surface area contributed by atoms with E-state index in [4.69, 9.17) is 0 Å². The Morgan fingerprint density at radius 1 is 0.889 bits per heavy atom. The Balaban J connectivity index is 2.16. The first kappa shape index (κ1) is 11.3. The molecule has 0 aromatic heterocycles. The molecule has 0 radical (unpaired) electrons. The Labute approximate surface area is 109 Å². The van der Waals surface area contributed by atoms with Gasteiger partial charge in [-0.15, -0.1) is 0 Å². The summed E-state index contributed by atoms with van der Waals surface area (Å²) in [6.07, 6.45) is 12.3. The predicted octanol–water partition coefficient (Wildman–Crippen LogP) is 5.22. The van der Waals surface area contributed by atoms with Crippen LogP contribution < -0.4 is 0 Å². The molecule has 3 rings (SSSR count). The van der Waals surface area contributed by atoms with Crippen molar-refractivity contribution >= 4 is 22.9 Å². The number of allylic oxidation sites excluding steroid dienone is 2. The molecule has 0 heteroatoms. The third kappa shape index (κ3) is 2.11. The van der Waals surface area contributed by atoms with Gasteiger partial charge in [0, 0.05) is 0 Å². The summed E-state index contributed by atoms with van der Waals surface area (Å²) in [5, 5.41) is 2.70. The fourth-order valence-electron chi connectivity index (χ4n) is 2.58. The summed E-state index contributed by atoms with van der Waals surface area (Å²) < 4.78 is 0. The fourth-order valence-corrected chi connectivity index (χ4v) is 2.58. The Morgan fingerprint density at radius 2 is 1.61 bits per heavy atom. The van der Waals surface area contributed by atoms with Crippen LogP contribution in [0.2, 0.25) is 0 Å². The van der Waals surface area contributed by atoms with Crippen molar-refractivity contribution in [2.45, 2.75) is 26.2 Å². The maximum absolute atomic E-state index is 2.33. The molecule has 2 aromatic carbocycles. The molecule has 0 saturated carbocycles. The zero-order chi connectivity index (χ0) is 12.4. The number of hydrogen-bond acceptors (Lipinski definition) is 0. The van der Waals surface area contributed by atoms with Gasteiger partial charge in [0.1, 0.15) is 0 Å². The second-order valence-corrected chi connectivity index (χ2v) is 4.95. The van der Waals surface area contributed by atoms with E-state index in [-0.39, 0.29) is 0 Å². The van der Waals surface area contributed by atoms with Crippen LogP contribution in [0.1, 0.15) is 36.5 Å². The van der Waals surface area contributed by atoms with Crippen molar-refractivity contribution in [1.82, 2.24) is 0 Å². The van der Waals surface area contributed by atoms with E-state index in [1.54, 1.807) is 0 Å². The van der Waals surface area contributed by atoms with E-state index in [9.17, 15) is 0 Å². The molecule has 0 fully saturated rings. The van der Waals surface area contributed by atoms with Crippen LogP contribution in [0.25, 0.3) is 22.9 Å². The van der Waals surface area contributed by atoms with Gasteiger partial charge in [0.05, 0.1) is 0 Å². The van der Waals surface area contributed by atoms with Gasteiger partial charge >= 0.3 is 0 Å². The number of hydrogen-bond donors (Lipinski definition) is 0. The molecule has 0 bridgehead atoms. The van der Waals surface area contributed by atoms with Crippen molar-refractivity contribution in [3.8, 4) is 0 Å². The standard InChI is InChI=1S/C18H18/c1-2-6-14-9-10-17-12-15-7-4-3-5-8-16(15)13-18(17)11-14/h4-5,7-13H,2-3,6H2,1H3. The molecule has 0 nitrogen and oxygen atoms in total. The normalized spacial score (nSPS) is 13.6. The second kappa shape index (κ2) is 4.81. The lowest BCUT2D eigenvalue weighted by Crippen LogP contribution is -1.86. The summed E-state index contributed by atoms with van der Waals surface area (Å²) in [6, 6.07) is 11.5. The zero-order valence-corrected chi connectivity index (χ0v) is 10.8. The minimum absolute atomic E-state index is 1.03. The first-order chi connectivity index (χ1) is 8.86. The quantitative estimate of drug-likeness (QED) is 0.668. The summed E-state index contributed by atoms with van der Waals surface area (Å²) in [6.45, 7) is 2.23. The second-order valence-electron chi connectivity index (χ2n) is 4.95. The number of fused-ring (bicyclic) bond motifs is 2. The van der Waals surface area contributed by atoms with Crippen molar-refractivity contribution in [3.05, 3.63) is 59.2 Å². The van der Waals surface area contributed by atoms with Crippen LogP contribution in [0.4, 0.5) is 0 Å². The average molecular weight is 234 g/mol. The van der Waals surface area contributed by atoms with Crippen LogP contribution in [-0.2, 0) is 6.42 Å². The topological polar surface area (TPSA) is 0 Å². The van der Waals surface area contributed by atoms with Gasteiger partial charge in [0.25, 0.3) is 0 Å². The van der Waals surface area contributed by atoms with Crippen LogP contribution >= 0.6 is 0 Å². The number of benzene rings is 2. The highest BCUT2D eigenvalue weighted by molar-refractivity contribution is 5.89. The lowest BCUT2D eigenvalue weighted by atomic mass is 9.98. The molecule has 0 saturated heterocycles. The minimum atomic E-state index is 1.03. The molecule has 0 amide bonds. The summed E-state index contributed by atoms with van der Waals surface area (Å²) in [5.74, 6) is 0. The molecule has 0 unspecified atom stereocenters. The summed E-state index contributed by atoms with van der Waals surface area (Å²) in [4.78, 5) is 0. The molecular weight excluding hydrogens is 216 g/mol. The molecule has 1 aliphatic carbocycles. The lowest BCUT2D eigenvalue weighted by Gasteiger charge is -2.07. The van der Waals surface area contributed by atoms with Gasteiger partial charge in [0.2, 0.25) is 0 Å². The molecular formula is C18H18. The molecule has 2 aromatic rings. The molecule has 90 valence electrons. The average Bonchev–Trinajstić information content (AvgIpc) is 2.61. The van der Waals surface area contributed by atoms with Crippen molar-refractivity contribution in [3.63, 3.8) is 0 Å². The van der Waals surface area contributed by atoms with E-state index in [1.807, 2.05) is 0 Å². The Morgan fingerprint density at radius 3 is 2.33 bits per heavy atom. The van der Waals surface area contributed by atoms with E-state index in [1.165, 1.54) is 40.3 Å². The Kier molecular flexibility index (Phi) is 3.02. The number of aryl methyl sites for hydroxylation is 1. The van der Waals surface area contributed by atoms with Crippen LogP contribution in [0, 0.1) is 0 Å². The highest BCUT2D eigenvalue weighted by Crippen LogP contribution is 2.25. The predicted molar refractivity (Wildman–Crippen MR) is 80.6 cm³/mol. The maximum Gasteiger partial charge on any atom is -0.0162 e. The van der Waals surface area contributed by atoms with Crippen LogP contribution in [0.3, 0.4) is 0 Å². The number of rotatable bonds is 2. The van der Waals surface area contributed by atoms with E-state index < -0.39 is 0 Å². The molecule has 0 spiro atoms. The summed E-state index contributed by atoms with van der Waals surface area (Å²) in [5.41, 5.74) is 4.11. The van der Waals surface area contributed by atoms with Gasteiger partial charge < -0.3 is 0 Å². The van der Waals surface area contributed by atoms with E-state index in [2.05, 4.69) is 61.6 Å². The third-order valence-corrected chi connectivity index (χ3v) is 3.51. The molecule has 0 heterocycles. The SMILES string of the molecule is CCCc1ccc2cc3c(cc2c1)C=CCC=C3. The monoisotopic (exact) mass is 234 g/mol. The van der Waals surface area contributed by atoms with Crippen LogP contribution in [-0.4, -0.2) is 0 Å². The molecule has 0 N–H and O–H groups in total. The summed E-state index contributed by atoms with van der Waals surface area (Å²) in [7, 11) is 0. The largest absolute Gasteiger partial charge is 0.0801 e. The Hall–Kier alpha value is -1.82. The van der Waals surface area contributed by atoms with Crippen LogP contribution in [0.15, 0.2) is 42.5 Å². The fraction of sp³-hybridized carbons (Fsp3) is 0.222. The van der Waals surface area contributed by atoms with Gasteiger partial charge in [-0.3, -0.25) is 0 Å². The van der Waals surface area contributed by atoms with Gasteiger partial charge in [-0.1, -0.05) is 55.8 Å². The minimum Gasteiger partial charge on any atom is -0.0801 e. The van der Waals surface area contributed by atoms with Crippen molar-refractivity contribution < 1.29 is 0 Å². The molecule has 0 aliphatic heterocycles. The highest BCUT2D eigenvalue weighted by Gasteiger charge is 2.03. The Bertz CT molecular complexity index is 630. The van der Waals surface area contributed by atoms with Crippen molar-refractivity contribution in [1.29, 1.82) is 0 Å². The smallest absolute Gasteiger partial charge is 0.0162 e. The molecule has 1 aliphatic rings. The van der Waals surface area contributed by atoms with Crippen LogP contribution in [0.5, 0.6) is 0 Å². The van der Waals surface area contributed by atoms with Crippen molar-refractivity contribution in [2.75, 3.05) is 0 Å². The first-order valence-electron chi connectivity index (χ1n) is 6.76. The molecule has 18 heavy (non-hydrogen) atoms. The van der Waals surface area contributed by atoms with Gasteiger partial charge in [-0.25, -0.2) is 0 Å². The van der Waals surface area contributed by atoms with Gasteiger partial charge in [-0.05, 0) is 52.4 Å². The van der Waals surface area contributed by atoms with E-state index in [0.717, 1.165) is 6.42 Å². The first-order valence-corrected chi connectivity index (χ1v) is 6.76. The molecule has 0 atom stereocenters.